The fourth-order valence-corrected chi connectivity index (χ4v) is 1.80. The molecule has 0 fully saturated rings. The summed E-state index contributed by atoms with van der Waals surface area (Å²) < 4.78 is 48.8. The van der Waals surface area contributed by atoms with Crippen molar-refractivity contribution < 1.29 is 32.0 Å². The van der Waals surface area contributed by atoms with E-state index in [0.717, 1.165) is 6.07 Å². The van der Waals surface area contributed by atoms with E-state index in [9.17, 15) is 23.1 Å². The van der Waals surface area contributed by atoms with Crippen LogP contribution in [0.1, 0.15) is 23.6 Å². The maximum absolute atomic E-state index is 13.2. The largest absolute Gasteiger partial charge is 0.463 e. The summed E-state index contributed by atoms with van der Waals surface area (Å²) in [5.74, 6) is -1.54. The van der Waals surface area contributed by atoms with E-state index in [1.807, 2.05) is 0 Å². The Morgan fingerprint density at radius 1 is 1.36 bits per heavy atom. The van der Waals surface area contributed by atoms with E-state index < -0.39 is 29.9 Å². The zero-order valence-electron chi connectivity index (χ0n) is 11.5. The molecule has 1 amide bonds. The van der Waals surface area contributed by atoms with E-state index in [4.69, 9.17) is 4.42 Å². The van der Waals surface area contributed by atoms with Crippen molar-refractivity contribution in [2.24, 2.45) is 0 Å². The van der Waals surface area contributed by atoms with Gasteiger partial charge in [0.2, 0.25) is 11.5 Å². The van der Waals surface area contributed by atoms with Crippen LogP contribution >= 0.6 is 0 Å². The number of rotatable bonds is 5. The van der Waals surface area contributed by atoms with Crippen LogP contribution in [-0.4, -0.2) is 22.3 Å². The van der Waals surface area contributed by atoms with Crippen molar-refractivity contribution in [3.8, 4) is 0 Å². The van der Waals surface area contributed by atoms with Gasteiger partial charge in [-0.3, -0.25) is 4.79 Å². The van der Waals surface area contributed by atoms with E-state index in [-0.39, 0.29) is 12.3 Å². The minimum atomic E-state index is -5.07. The molecule has 0 radical (unpaired) electrons. The molecule has 2 aromatic heterocycles. The molecule has 0 bridgehead atoms. The molecular formula is C13H13F3N2O4. The van der Waals surface area contributed by atoms with Gasteiger partial charge in [-0.2, -0.15) is 13.2 Å². The molecule has 2 N–H and O–H groups in total. The van der Waals surface area contributed by atoms with Gasteiger partial charge in [-0.25, -0.2) is 0 Å². The Hall–Kier alpha value is -2.29. The lowest BCUT2D eigenvalue weighted by Crippen LogP contribution is -2.45. The van der Waals surface area contributed by atoms with Gasteiger partial charge in [-0.1, -0.05) is 5.16 Å². The van der Waals surface area contributed by atoms with E-state index in [1.54, 1.807) is 0 Å². The number of alkyl halides is 3. The fraction of sp³-hybridized carbons (Fsp3) is 0.385. The van der Waals surface area contributed by atoms with Crippen molar-refractivity contribution >= 4 is 5.91 Å². The van der Waals surface area contributed by atoms with Crippen molar-refractivity contribution in [3.63, 3.8) is 0 Å². The molecule has 9 heteroatoms. The lowest BCUT2D eigenvalue weighted by Gasteiger charge is -2.27. The summed E-state index contributed by atoms with van der Waals surface area (Å²) >= 11 is 0. The summed E-state index contributed by atoms with van der Waals surface area (Å²) in [6.45, 7) is 1.32. The molecule has 2 aromatic rings. The fourth-order valence-electron chi connectivity index (χ4n) is 1.80. The standard InChI is InChI=1S/C13H13F3N2O4/c1-8-2-3-10(22-8)12(20,13(14,15)16)6-11(19)17-7-9-4-5-21-18-9/h2-5,20H,6-7H2,1H3,(H,17,19). The Labute approximate surface area is 122 Å². The summed E-state index contributed by atoms with van der Waals surface area (Å²) in [7, 11) is 0. The average Bonchev–Trinajstić information content (AvgIpc) is 3.06. The van der Waals surface area contributed by atoms with Crippen LogP contribution < -0.4 is 5.32 Å². The van der Waals surface area contributed by atoms with Crippen molar-refractivity contribution in [1.82, 2.24) is 10.5 Å². The van der Waals surface area contributed by atoms with Crippen LogP contribution in [0.4, 0.5) is 13.2 Å². The number of aryl methyl sites for hydroxylation is 1. The number of carbonyl (C=O) groups excluding carboxylic acids is 1. The second-order valence-electron chi connectivity index (χ2n) is 4.71. The van der Waals surface area contributed by atoms with Gasteiger partial charge >= 0.3 is 6.18 Å². The SMILES string of the molecule is Cc1ccc(C(O)(CC(=O)NCc2ccon2)C(F)(F)F)o1. The molecule has 0 saturated heterocycles. The quantitative estimate of drug-likeness (QED) is 0.880. The average molecular weight is 318 g/mol. The van der Waals surface area contributed by atoms with Crippen LogP contribution in [0.3, 0.4) is 0 Å². The van der Waals surface area contributed by atoms with E-state index in [0.29, 0.717) is 5.69 Å². The number of aromatic nitrogens is 1. The van der Waals surface area contributed by atoms with Crippen LogP contribution in [0.15, 0.2) is 33.4 Å². The number of hydrogen-bond acceptors (Lipinski definition) is 5. The number of hydrogen-bond donors (Lipinski definition) is 2. The molecule has 0 aliphatic carbocycles. The van der Waals surface area contributed by atoms with Gasteiger partial charge in [0.05, 0.1) is 13.0 Å². The molecule has 1 atom stereocenters. The molecule has 0 spiro atoms. The summed E-state index contributed by atoms with van der Waals surface area (Å²) in [4.78, 5) is 11.7. The van der Waals surface area contributed by atoms with Gasteiger partial charge in [0.1, 0.15) is 23.5 Å². The van der Waals surface area contributed by atoms with E-state index in [2.05, 4.69) is 15.0 Å². The predicted molar refractivity (Wildman–Crippen MR) is 66.4 cm³/mol. The second-order valence-corrected chi connectivity index (χ2v) is 4.71. The van der Waals surface area contributed by atoms with Crippen LogP contribution in [0.5, 0.6) is 0 Å². The first-order chi connectivity index (χ1) is 10.2. The van der Waals surface area contributed by atoms with Crippen LogP contribution in [0.25, 0.3) is 0 Å². The molecule has 0 aliphatic heterocycles. The number of halogens is 3. The number of nitrogens with zero attached hydrogens (tertiary/aromatic N) is 1. The van der Waals surface area contributed by atoms with Crippen LogP contribution in [-0.2, 0) is 16.9 Å². The molecule has 0 saturated carbocycles. The van der Waals surface area contributed by atoms with E-state index in [1.165, 1.54) is 25.3 Å². The molecular weight excluding hydrogens is 305 g/mol. The summed E-state index contributed by atoms with van der Waals surface area (Å²) in [6, 6.07) is 3.72. The van der Waals surface area contributed by atoms with Gasteiger partial charge in [0, 0.05) is 6.07 Å². The van der Waals surface area contributed by atoms with Gasteiger partial charge in [0.15, 0.2) is 0 Å². The predicted octanol–water partition coefficient (Wildman–Crippen LogP) is 2.03. The molecule has 0 aliphatic rings. The summed E-state index contributed by atoms with van der Waals surface area (Å²) in [5, 5.41) is 15.7. The number of furan rings is 1. The van der Waals surface area contributed by atoms with Crippen LogP contribution in [0, 0.1) is 6.92 Å². The minimum Gasteiger partial charge on any atom is -0.463 e. The first kappa shape index (κ1) is 16.1. The van der Waals surface area contributed by atoms with Crippen molar-refractivity contribution in [1.29, 1.82) is 0 Å². The first-order valence-electron chi connectivity index (χ1n) is 6.24. The summed E-state index contributed by atoms with van der Waals surface area (Å²) in [5.41, 5.74) is -3.05. The normalized spacial score (nSPS) is 14.6. The lowest BCUT2D eigenvalue weighted by atomic mass is 9.95. The summed E-state index contributed by atoms with van der Waals surface area (Å²) in [6.07, 6.45) is -5.02. The lowest BCUT2D eigenvalue weighted by molar-refractivity contribution is -0.273. The molecule has 0 aromatic carbocycles. The number of aliphatic hydroxyl groups is 1. The molecule has 2 heterocycles. The third kappa shape index (κ3) is 3.30. The van der Waals surface area contributed by atoms with Crippen molar-refractivity contribution in [2.45, 2.75) is 31.7 Å². The number of amides is 1. The topological polar surface area (TPSA) is 88.5 Å². The second kappa shape index (κ2) is 5.84. The molecule has 22 heavy (non-hydrogen) atoms. The van der Waals surface area contributed by atoms with E-state index >= 15 is 0 Å². The zero-order chi connectivity index (χ0) is 16.4. The third-order valence-electron chi connectivity index (χ3n) is 2.99. The Morgan fingerprint density at radius 3 is 2.59 bits per heavy atom. The molecule has 6 nitrogen and oxygen atoms in total. The zero-order valence-corrected chi connectivity index (χ0v) is 11.5. The minimum absolute atomic E-state index is 0.111. The van der Waals surface area contributed by atoms with Gasteiger partial charge in [-0.05, 0) is 19.1 Å². The highest BCUT2D eigenvalue weighted by atomic mass is 19.4. The third-order valence-corrected chi connectivity index (χ3v) is 2.99. The number of carbonyl (C=O) groups is 1. The highest BCUT2D eigenvalue weighted by Crippen LogP contribution is 2.42. The van der Waals surface area contributed by atoms with Gasteiger partial charge in [-0.15, -0.1) is 0 Å². The Kier molecular flexibility index (Phi) is 4.27. The van der Waals surface area contributed by atoms with Crippen molar-refractivity contribution in [3.05, 3.63) is 41.7 Å². The molecule has 2 rings (SSSR count). The van der Waals surface area contributed by atoms with Crippen molar-refractivity contribution in [2.75, 3.05) is 0 Å². The smallest absolute Gasteiger partial charge is 0.425 e. The monoisotopic (exact) mass is 318 g/mol. The Morgan fingerprint density at radius 2 is 2.09 bits per heavy atom. The molecule has 120 valence electrons. The molecule has 1 unspecified atom stereocenters. The maximum atomic E-state index is 13.2. The first-order valence-corrected chi connectivity index (χ1v) is 6.24. The Balaban J connectivity index is 2.11. The highest BCUT2D eigenvalue weighted by molar-refractivity contribution is 5.77. The maximum Gasteiger partial charge on any atom is 0.425 e. The van der Waals surface area contributed by atoms with Crippen LogP contribution in [0.2, 0.25) is 0 Å². The Bertz CT molecular complexity index is 636. The van der Waals surface area contributed by atoms with Gasteiger partial charge in [0.25, 0.3) is 0 Å². The van der Waals surface area contributed by atoms with Gasteiger partial charge < -0.3 is 19.4 Å². The number of nitrogens with one attached hydrogen (secondary N) is 1. The highest BCUT2D eigenvalue weighted by Gasteiger charge is 2.58.